The predicted octanol–water partition coefficient (Wildman–Crippen LogP) is 2.55. The van der Waals surface area contributed by atoms with Gasteiger partial charge in [-0.2, -0.15) is 0 Å². The number of aryl methyl sites for hydroxylation is 1. The monoisotopic (exact) mass is 243 g/mol. The molecule has 0 aliphatic rings. The average molecular weight is 243 g/mol. The highest BCUT2D eigenvalue weighted by atomic mass is 16.5. The van der Waals surface area contributed by atoms with E-state index >= 15 is 0 Å². The summed E-state index contributed by atoms with van der Waals surface area (Å²) in [6.07, 6.45) is 3.04. The fourth-order valence-electron chi connectivity index (χ4n) is 1.81. The van der Waals surface area contributed by atoms with Gasteiger partial charge in [0.2, 0.25) is 0 Å². The summed E-state index contributed by atoms with van der Waals surface area (Å²) in [5, 5.41) is 9.41. The van der Waals surface area contributed by atoms with Gasteiger partial charge in [-0.15, -0.1) is 0 Å². The van der Waals surface area contributed by atoms with Crippen molar-refractivity contribution in [1.29, 1.82) is 0 Å². The number of carbonyl (C=O) groups excluding carboxylic acids is 1. The molecule has 0 atom stereocenters. The number of carbonyl (C=O) groups is 1. The molecule has 0 radical (unpaired) electrons. The van der Waals surface area contributed by atoms with Crippen molar-refractivity contribution in [3.63, 3.8) is 0 Å². The molecule has 0 saturated carbocycles. The second-order valence-corrected chi connectivity index (χ2v) is 3.95. The molecular formula is C14H13NO3. The van der Waals surface area contributed by atoms with E-state index in [0.29, 0.717) is 5.56 Å². The summed E-state index contributed by atoms with van der Waals surface area (Å²) in [4.78, 5) is 15.3. The van der Waals surface area contributed by atoms with Gasteiger partial charge in [0.1, 0.15) is 5.75 Å². The Morgan fingerprint density at radius 3 is 2.67 bits per heavy atom. The molecule has 0 fully saturated rings. The second kappa shape index (κ2) is 4.87. The van der Waals surface area contributed by atoms with Crippen molar-refractivity contribution in [3.05, 3.63) is 47.8 Å². The van der Waals surface area contributed by atoms with Gasteiger partial charge in [-0.1, -0.05) is 6.07 Å². The minimum absolute atomic E-state index is 0.115. The van der Waals surface area contributed by atoms with E-state index in [1.165, 1.54) is 13.3 Å². The zero-order valence-electron chi connectivity index (χ0n) is 10.2. The highest BCUT2D eigenvalue weighted by Crippen LogP contribution is 2.26. The van der Waals surface area contributed by atoms with Gasteiger partial charge in [-0.05, 0) is 36.2 Å². The fourth-order valence-corrected chi connectivity index (χ4v) is 1.81. The standard InChI is InChI=1S/C14H13NO3/c1-9-5-10(14(17)18-2)3-4-13(9)11-6-12(16)8-15-7-11/h3-8,16H,1-2H3. The van der Waals surface area contributed by atoms with Crippen LogP contribution in [0.3, 0.4) is 0 Å². The van der Waals surface area contributed by atoms with E-state index in [9.17, 15) is 9.90 Å². The minimum Gasteiger partial charge on any atom is -0.506 e. The first-order valence-electron chi connectivity index (χ1n) is 5.45. The van der Waals surface area contributed by atoms with E-state index < -0.39 is 0 Å². The molecule has 1 heterocycles. The van der Waals surface area contributed by atoms with Gasteiger partial charge >= 0.3 is 5.97 Å². The van der Waals surface area contributed by atoms with Crippen LogP contribution < -0.4 is 0 Å². The summed E-state index contributed by atoms with van der Waals surface area (Å²) < 4.78 is 4.66. The maximum absolute atomic E-state index is 11.4. The van der Waals surface area contributed by atoms with E-state index in [2.05, 4.69) is 9.72 Å². The zero-order chi connectivity index (χ0) is 13.1. The van der Waals surface area contributed by atoms with E-state index in [1.807, 2.05) is 13.0 Å². The molecule has 0 aliphatic carbocycles. The van der Waals surface area contributed by atoms with Crippen molar-refractivity contribution in [3.8, 4) is 16.9 Å². The number of hydrogen-bond donors (Lipinski definition) is 1. The molecule has 1 aromatic carbocycles. The van der Waals surface area contributed by atoms with Gasteiger partial charge in [0, 0.05) is 11.8 Å². The third-order valence-corrected chi connectivity index (χ3v) is 2.68. The summed E-state index contributed by atoms with van der Waals surface area (Å²) in [5.74, 6) is -0.248. The molecule has 1 aromatic heterocycles. The van der Waals surface area contributed by atoms with Crippen LogP contribution in [0.15, 0.2) is 36.7 Å². The van der Waals surface area contributed by atoms with Crippen LogP contribution in [0.1, 0.15) is 15.9 Å². The number of nitrogens with zero attached hydrogens (tertiary/aromatic N) is 1. The number of benzene rings is 1. The Balaban J connectivity index is 2.45. The highest BCUT2D eigenvalue weighted by Gasteiger charge is 2.09. The van der Waals surface area contributed by atoms with Crippen LogP contribution in [0.4, 0.5) is 0 Å². The fraction of sp³-hybridized carbons (Fsp3) is 0.143. The summed E-state index contributed by atoms with van der Waals surface area (Å²) in [5.41, 5.74) is 3.16. The van der Waals surface area contributed by atoms with Gasteiger partial charge in [0.05, 0.1) is 18.9 Å². The summed E-state index contributed by atoms with van der Waals surface area (Å²) >= 11 is 0. The van der Waals surface area contributed by atoms with Crippen molar-refractivity contribution in [2.75, 3.05) is 7.11 Å². The first-order chi connectivity index (χ1) is 8.61. The summed E-state index contributed by atoms with van der Waals surface area (Å²) in [7, 11) is 1.35. The molecule has 4 nitrogen and oxygen atoms in total. The van der Waals surface area contributed by atoms with Gasteiger partial charge < -0.3 is 9.84 Å². The predicted molar refractivity (Wildman–Crippen MR) is 67.4 cm³/mol. The third kappa shape index (κ3) is 2.32. The number of aromatic hydroxyl groups is 1. The number of esters is 1. The van der Waals surface area contributed by atoms with Crippen LogP contribution in [-0.4, -0.2) is 23.2 Å². The highest BCUT2D eigenvalue weighted by molar-refractivity contribution is 5.90. The number of ether oxygens (including phenoxy) is 1. The molecule has 0 aliphatic heterocycles. The SMILES string of the molecule is COC(=O)c1ccc(-c2cncc(O)c2)c(C)c1. The number of hydrogen-bond acceptors (Lipinski definition) is 4. The van der Waals surface area contributed by atoms with Crippen molar-refractivity contribution in [1.82, 2.24) is 4.98 Å². The Bertz CT molecular complexity index is 593. The molecule has 2 aromatic rings. The molecule has 0 saturated heterocycles. The van der Waals surface area contributed by atoms with Crippen LogP contribution in [0, 0.1) is 6.92 Å². The molecule has 0 unspecified atom stereocenters. The molecule has 0 amide bonds. The molecule has 92 valence electrons. The Morgan fingerprint density at radius 2 is 2.06 bits per heavy atom. The number of aromatic nitrogens is 1. The third-order valence-electron chi connectivity index (χ3n) is 2.68. The molecule has 1 N–H and O–H groups in total. The first-order valence-corrected chi connectivity index (χ1v) is 5.45. The van der Waals surface area contributed by atoms with Gasteiger partial charge in [0.15, 0.2) is 0 Å². The quantitative estimate of drug-likeness (QED) is 0.823. The van der Waals surface area contributed by atoms with E-state index in [1.54, 1.807) is 24.4 Å². The Hall–Kier alpha value is -2.36. The lowest BCUT2D eigenvalue weighted by Gasteiger charge is -2.08. The second-order valence-electron chi connectivity index (χ2n) is 3.95. The normalized spacial score (nSPS) is 10.1. The van der Waals surface area contributed by atoms with Gasteiger partial charge in [0.25, 0.3) is 0 Å². The largest absolute Gasteiger partial charge is 0.506 e. The lowest BCUT2D eigenvalue weighted by Crippen LogP contribution is -2.01. The smallest absolute Gasteiger partial charge is 0.337 e. The Kier molecular flexibility index (Phi) is 3.28. The summed E-state index contributed by atoms with van der Waals surface area (Å²) in [6, 6.07) is 6.90. The maximum Gasteiger partial charge on any atom is 0.337 e. The molecule has 0 spiro atoms. The van der Waals surface area contributed by atoms with Crippen LogP contribution in [0.2, 0.25) is 0 Å². The van der Waals surface area contributed by atoms with Crippen LogP contribution >= 0.6 is 0 Å². The Morgan fingerprint density at radius 1 is 1.28 bits per heavy atom. The molecular weight excluding hydrogens is 230 g/mol. The van der Waals surface area contributed by atoms with Crippen molar-refractivity contribution in [2.24, 2.45) is 0 Å². The minimum atomic E-state index is -0.362. The lowest BCUT2D eigenvalue weighted by atomic mass is 9.99. The molecule has 18 heavy (non-hydrogen) atoms. The topological polar surface area (TPSA) is 59.4 Å². The van der Waals surface area contributed by atoms with Gasteiger partial charge in [-0.3, -0.25) is 4.98 Å². The zero-order valence-corrected chi connectivity index (χ0v) is 10.2. The summed E-state index contributed by atoms with van der Waals surface area (Å²) in [6.45, 7) is 1.89. The number of methoxy groups -OCH3 is 1. The van der Waals surface area contributed by atoms with Crippen molar-refractivity contribution < 1.29 is 14.6 Å². The van der Waals surface area contributed by atoms with E-state index in [-0.39, 0.29) is 11.7 Å². The first kappa shape index (κ1) is 12.1. The van der Waals surface area contributed by atoms with Crippen LogP contribution in [0.25, 0.3) is 11.1 Å². The van der Waals surface area contributed by atoms with Gasteiger partial charge in [-0.25, -0.2) is 4.79 Å². The van der Waals surface area contributed by atoms with E-state index in [4.69, 9.17) is 0 Å². The van der Waals surface area contributed by atoms with Crippen molar-refractivity contribution >= 4 is 5.97 Å². The molecule has 2 rings (SSSR count). The van der Waals surface area contributed by atoms with Crippen molar-refractivity contribution in [2.45, 2.75) is 6.92 Å². The number of pyridine rings is 1. The Labute approximate surface area is 105 Å². The lowest BCUT2D eigenvalue weighted by molar-refractivity contribution is 0.0600. The van der Waals surface area contributed by atoms with Crippen LogP contribution in [0.5, 0.6) is 5.75 Å². The van der Waals surface area contributed by atoms with E-state index in [0.717, 1.165) is 16.7 Å². The number of rotatable bonds is 2. The maximum atomic E-state index is 11.4. The molecule has 4 heteroatoms. The van der Waals surface area contributed by atoms with Crippen LogP contribution in [-0.2, 0) is 4.74 Å². The average Bonchev–Trinajstić information content (AvgIpc) is 2.37. The molecule has 0 bridgehead atoms.